The number of hydrogen-bond acceptors (Lipinski definition) is 5. The number of benzene rings is 1. The largest absolute Gasteiger partial charge is 0.398 e. The van der Waals surface area contributed by atoms with Crippen molar-refractivity contribution in [2.75, 3.05) is 5.72 Å². The van der Waals surface area contributed by atoms with E-state index in [4.69, 9.17) is 6.94 Å². The summed E-state index contributed by atoms with van der Waals surface area (Å²) in [5, 5.41) is 1.94. The van der Waals surface area contributed by atoms with Gasteiger partial charge in [-0.25, -0.2) is 4.98 Å². The second-order valence-corrected chi connectivity index (χ2v) is 4.75. The van der Waals surface area contributed by atoms with Gasteiger partial charge in [0, 0.05) is 16.2 Å². The van der Waals surface area contributed by atoms with Crippen LogP contribution in [-0.4, -0.2) is 21.4 Å². The van der Waals surface area contributed by atoms with E-state index >= 15 is 0 Å². The zero-order valence-electron chi connectivity index (χ0n) is 15.8. The third-order valence-electron chi connectivity index (χ3n) is 3.43. The number of rotatable bonds is 2. The van der Waals surface area contributed by atoms with Gasteiger partial charge >= 0.3 is 0 Å². The van der Waals surface area contributed by atoms with E-state index in [1.165, 1.54) is 18.2 Å². The number of nitrogen functional groups attached to an aromatic ring is 1. The summed E-state index contributed by atoms with van der Waals surface area (Å²) in [7, 11) is 0. The van der Waals surface area contributed by atoms with Crippen molar-refractivity contribution in [3.05, 3.63) is 34.4 Å². The van der Waals surface area contributed by atoms with Crippen molar-refractivity contribution in [3.8, 4) is 0 Å². The number of hydrogen-bond donors (Lipinski definition) is 2. The highest BCUT2D eigenvalue weighted by molar-refractivity contribution is 5.99. The van der Waals surface area contributed by atoms with Gasteiger partial charge in [0.05, 0.1) is 10.9 Å². The number of carbonyl (C=O) groups excluding carboxylic acids is 2. The SMILES string of the molecule is [2H]N([2H])c1cccc2nc(C([2H])([2H])[2H])n(C3CCC(=O)NC3=O)c(=O)c12. The molecule has 3 N–H and O–H groups in total. The molecular formula is C14H14N4O3. The number of anilines is 1. The van der Waals surface area contributed by atoms with Crippen LogP contribution in [0.25, 0.3) is 10.9 Å². The summed E-state index contributed by atoms with van der Waals surface area (Å²) in [6, 6.07) is 2.97. The fraction of sp³-hybridized carbons (Fsp3) is 0.286. The Labute approximate surface area is 126 Å². The van der Waals surface area contributed by atoms with Crippen molar-refractivity contribution in [2.45, 2.75) is 25.7 Å². The minimum atomic E-state index is -2.79. The number of aromatic nitrogens is 2. The first kappa shape index (κ1) is 8.56. The molecule has 1 unspecified atom stereocenters. The third-order valence-corrected chi connectivity index (χ3v) is 3.43. The van der Waals surface area contributed by atoms with Crippen molar-refractivity contribution in [2.24, 2.45) is 0 Å². The highest BCUT2D eigenvalue weighted by atomic mass is 16.2. The highest BCUT2D eigenvalue weighted by Gasteiger charge is 2.30. The molecule has 1 aromatic carbocycles. The number of nitrogens with two attached hydrogens (primary N) is 1. The third kappa shape index (κ3) is 2.06. The summed E-state index contributed by atoms with van der Waals surface area (Å²) >= 11 is 0. The Balaban J connectivity index is 2.37. The van der Waals surface area contributed by atoms with Gasteiger partial charge < -0.3 is 5.72 Å². The Morgan fingerprint density at radius 3 is 3.05 bits per heavy atom. The first-order valence-corrected chi connectivity index (χ1v) is 6.28. The lowest BCUT2D eigenvalue weighted by Crippen LogP contribution is -2.45. The van der Waals surface area contributed by atoms with Crippen LogP contribution in [0.3, 0.4) is 0 Å². The molecule has 3 rings (SSSR count). The van der Waals surface area contributed by atoms with Crippen LogP contribution in [0, 0.1) is 6.85 Å². The lowest BCUT2D eigenvalue weighted by Gasteiger charge is -2.24. The van der Waals surface area contributed by atoms with Crippen molar-refractivity contribution in [1.82, 2.24) is 14.9 Å². The smallest absolute Gasteiger partial charge is 0.264 e. The molecule has 108 valence electrons. The lowest BCUT2D eigenvalue weighted by molar-refractivity contribution is -0.135. The zero-order chi connectivity index (χ0) is 19.2. The summed E-state index contributed by atoms with van der Waals surface area (Å²) in [6.45, 7) is -2.79. The van der Waals surface area contributed by atoms with Crippen LogP contribution in [0.15, 0.2) is 23.0 Å². The maximum Gasteiger partial charge on any atom is 0.264 e. The Morgan fingerprint density at radius 2 is 2.33 bits per heavy atom. The van der Waals surface area contributed by atoms with Gasteiger partial charge in [0.1, 0.15) is 11.9 Å². The van der Waals surface area contributed by atoms with Crippen molar-refractivity contribution in [3.63, 3.8) is 0 Å². The molecule has 1 fully saturated rings. The van der Waals surface area contributed by atoms with Gasteiger partial charge in [0.2, 0.25) is 11.8 Å². The molecule has 0 bridgehead atoms. The van der Waals surface area contributed by atoms with Crippen LogP contribution >= 0.6 is 0 Å². The van der Waals surface area contributed by atoms with Crippen LogP contribution in [0.4, 0.5) is 5.69 Å². The van der Waals surface area contributed by atoms with Crippen LogP contribution in [0.5, 0.6) is 0 Å². The molecule has 2 amide bonds. The number of piperidine rings is 1. The average molecular weight is 291 g/mol. The van der Waals surface area contributed by atoms with E-state index in [9.17, 15) is 14.4 Å². The van der Waals surface area contributed by atoms with Crippen molar-refractivity contribution < 1.29 is 16.5 Å². The summed E-state index contributed by atoms with van der Waals surface area (Å²) in [5.74, 6) is -1.88. The number of nitrogens with zero attached hydrogens (tertiary/aromatic N) is 2. The fourth-order valence-corrected chi connectivity index (χ4v) is 2.44. The van der Waals surface area contributed by atoms with E-state index < -0.39 is 36.1 Å². The predicted octanol–water partition coefficient (Wildman–Crippen LogP) is 0.265. The van der Waals surface area contributed by atoms with Gasteiger partial charge in [-0.05, 0) is 25.4 Å². The van der Waals surface area contributed by atoms with E-state index in [0.29, 0.717) is 0 Å². The van der Waals surface area contributed by atoms with Crippen LogP contribution in [0.1, 0.15) is 28.8 Å². The Morgan fingerprint density at radius 1 is 1.48 bits per heavy atom. The Bertz CT molecular complexity index is 969. The van der Waals surface area contributed by atoms with Gasteiger partial charge in [0.25, 0.3) is 5.56 Å². The molecule has 1 aromatic heterocycles. The molecule has 0 aliphatic carbocycles. The molecule has 7 heteroatoms. The molecule has 1 saturated heterocycles. The molecular weight excluding hydrogens is 272 g/mol. The maximum atomic E-state index is 13.1. The number of carbonyl (C=O) groups is 2. The number of nitrogens with one attached hydrogen (secondary N) is 1. The molecule has 1 aliphatic heterocycles. The summed E-state index contributed by atoms with van der Waals surface area (Å²) in [4.78, 5) is 40.7. The van der Waals surface area contributed by atoms with Crippen molar-refractivity contribution >= 4 is 28.4 Å². The second-order valence-electron chi connectivity index (χ2n) is 4.75. The molecule has 0 radical (unpaired) electrons. The lowest BCUT2D eigenvalue weighted by atomic mass is 10.1. The molecule has 0 saturated carbocycles. The van der Waals surface area contributed by atoms with Crippen LogP contribution in [0.2, 0.25) is 2.82 Å². The summed E-state index contributed by atoms with van der Waals surface area (Å²) in [5.41, 5.74) is -0.726. The van der Waals surface area contributed by atoms with Gasteiger partial charge in [-0.15, -0.1) is 0 Å². The summed E-state index contributed by atoms with van der Waals surface area (Å²) < 4.78 is 38.7. The molecule has 2 heterocycles. The normalized spacial score (nSPS) is 22.7. The highest BCUT2D eigenvalue weighted by Crippen LogP contribution is 2.21. The van der Waals surface area contributed by atoms with E-state index in [2.05, 4.69) is 10.3 Å². The number of aryl methyl sites for hydroxylation is 1. The zero-order valence-corrected chi connectivity index (χ0v) is 10.8. The van der Waals surface area contributed by atoms with E-state index in [0.717, 1.165) is 4.57 Å². The maximum absolute atomic E-state index is 13.1. The van der Waals surface area contributed by atoms with E-state index in [1.807, 2.05) is 0 Å². The van der Waals surface area contributed by atoms with E-state index in [-0.39, 0.29) is 35.2 Å². The molecule has 1 atom stereocenters. The molecule has 0 spiro atoms. The first-order chi connectivity index (χ1) is 12.1. The van der Waals surface area contributed by atoms with E-state index in [1.54, 1.807) is 0 Å². The summed E-state index contributed by atoms with van der Waals surface area (Å²) in [6.07, 6.45) is -0.0968. The topological polar surface area (TPSA) is 107 Å². The molecule has 7 nitrogen and oxygen atoms in total. The number of amides is 2. The van der Waals surface area contributed by atoms with Gasteiger partial charge in [-0.1, -0.05) is 6.07 Å². The number of fused-ring (bicyclic) bond motifs is 1. The minimum absolute atomic E-state index is 0.00617. The van der Waals surface area contributed by atoms with Gasteiger partial charge in [-0.3, -0.25) is 24.3 Å². The molecule has 2 aromatic rings. The molecule has 1 aliphatic rings. The second kappa shape index (κ2) is 4.69. The fourth-order valence-electron chi connectivity index (χ4n) is 2.44. The predicted molar refractivity (Wildman–Crippen MR) is 76.6 cm³/mol. The minimum Gasteiger partial charge on any atom is -0.398 e. The number of imide groups is 1. The Kier molecular flexibility index (Phi) is 1.91. The van der Waals surface area contributed by atoms with Crippen LogP contribution in [-0.2, 0) is 9.59 Å². The van der Waals surface area contributed by atoms with Crippen molar-refractivity contribution in [1.29, 1.82) is 0 Å². The first-order valence-electron chi connectivity index (χ1n) is 8.68. The van der Waals surface area contributed by atoms with Crippen LogP contribution < -0.4 is 16.6 Å². The standard InChI is InChI=1S/C14H14N4O3/c1-7-16-9-4-2-3-8(15)12(9)14(21)18(7)10-5-6-11(19)17-13(10)20/h2-4,10H,5-6,15H2,1H3,(H,17,19,20)/i1D3/hD2. The van der Waals surface area contributed by atoms with Gasteiger partial charge in [0.15, 0.2) is 2.82 Å². The average Bonchev–Trinajstić information content (AvgIpc) is 2.54. The molecule has 21 heavy (non-hydrogen) atoms. The Hall–Kier alpha value is -2.70. The quantitative estimate of drug-likeness (QED) is 0.610. The van der Waals surface area contributed by atoms with Gasteiger partial charge in [-0.2, -0.15) is 0 Å². The monoisotopic (exact) mass is 291 g/mol.